The lowest BCUT2D eigenvalue weighted by Crippen LogP contribution is -2.35. The van der Waals surface area contributed by atoms with E-state index < -0.39 is 23.0 Å². The number of pyridine rings is 1. The molecule has 1 heterocycles. The lowest BCUT2D eigenvalue weighted by Gasteiger charge is -2.22. The number of aromatic nitrogens is 1. The second kappa shape index (κ2) is 9.21. The predicted octanol–water partition coefficient (Wildman–Crippen LogP) is 4.16. The van der Waals surface area contributed by atoms with E-state index in [9.17, 15) is 27.0 Å². The van der Waals surface area contributed by atoms with Gasteiger partial charge < -0.3 is 15.0 Å². The average Bonchev–Trinajstić information content (AvgIpc) is 2.53. The topological polar surface area (TPSA) is 85.3 Å². The Morgan fingerprint density at radius 2 is 1.86 bits per heavy atom. The molecule has 1 atom stereocenters. The minimum atomic E-state index is -4.57. The van der Waals surface area contributed by atoms with Crippen molar-refractivity contribution in [2.75, 3.05) is 0 Å². The Morgan fingerprint density at radius 3 is 2.32 bits per heavy atom. The van der Waals surface area contributed by atoms with Crippen LogP contribution in [-0.2, 0) is 29.6 Å². The van der Waals surface area contributed by atoms with Gasteiger partial charge in [-0.05, 0) is 44.5 Å². The number of phenols is 1. The predicted molar refractivity (Wildman–Crippen MR) is 103 cm³/mol. The average molecular weight is 438 g/mol. The molecular weight excluding hydrogens is 417 g/mol. The molecule has 2 rings (SSSR count). The van der Waals surface area contributed by atoms with Gasteiger partial charge in [-0.15, -0.1) is 12.4 Å². The maximum absolute atomic E-state index is 12.7. The molecule has 156 valence electrons. The smallest absolute Gasteiger partial charge is 0.433 e. The summed E-state index contributed by atoms with van der Waals surface area (Å²) in [6, 6.07) is 5.02. The van der Waals surface area contributed by atoms with Crippen LogP contribution in [0.1, 0.15) is 37.6 Å². The van der Waals surface area contributed by atoms with Crippen LogP contribution in [0, 0.1) is 0 Å². The molecule has 1 unspecified atom stereocenters. The lowest BCUT2D eigenvalue weighted by atomic mass is 9.98. The van der Waals surface area contributed by atoms with Crippen LogP contribution in [0.2, 0.25) is 0 Å². The first-order valence-electron chi connectivity index (χ1n) is 8.06. The fourth-order valence-corrected chi connectivity index (χ4v) is 2.85. The van der Waals surface area contributed by atoms with Gasteiger partial charge in [-0.2, -0.15) is 13.2 Å². The van der Waals surface area contributed by atoms with Gasteiger partial charge in [0.05, 0.1) is 0 Å². The zero-order valence-electron chi connectivity index (χ0n) is 15.5. The Kier molecular flexibility index (Phi) is 8.01. The third-order valence-electron chi connectivity index (χ3n) is 3.71. The zero-order valence-corrected chi connectivity index (χ0v) is 17.1. The number of hydrogen-bond donors (Lipinski definition) is 2. The number of aromatic hydroxyl groups is 1. The van der Waals surface area contributed by atoms with E-state index in [0.717, 1.165) is 12.3 Å². The highest BCUT2D eigenvalue weighted by molar-refractivity contribution is 7.78. The van der Waals surface area contributed by atoms with Gasteiger partial charge in [0.25, 0.3) is 0 Å². The first kappa shape index (κ1) is 24.4. The summed E-state index contributed by atoms with van der Waals surface area (Å²) in [5, 5.41) is 13.8. The summed E-state index contributed by atoms with van der Waals surface area (Å²) < 4.78 is 60.2. The van der Waals surface area contributed by atoms with Crippen molar-refractivity contribution in [3.05, 3.63) is 47.3 Å². The van der Waals surface area contributed by atoms with Crippen LogP contribution in [0.15, 0.2) is 30.5 Å². The maximum atomic E-state index is 12.7. The molecule has 0 saturated carbocycles. The number of rotatable bonds is 5. The van der Waals surface area contributed by atoms with Crippen molar-refractivity contribution in [3.8, 4) is 16.9 Å². The Balaban J connectivity index is 0.00000392. The van der Waals surface area contributed by atoms with E-state index in [4.69, 9.17) is 0 Å². The summed E-state index contributed by atoms with van der Waals surface area (Å²) >= 11 is -2.35. The first-order valence-corrected chi connectivity index (χ1v) is 9.30. The molecule has 2 N–H and O–H groups in total. The van der Waals surface area contributed by atoms with Crippen LogP contribution < -0.4 is 5.32 Å². The van der Waals surface area contributed by atoms with E-state index >= 15 is 0 Å². The Morgan fingerprint density at radius 1 is 1.21 bits per heavy atom. The Labute approximate surface area is 170 Å². The summed E-state index contributed by atoms with van der Waals surface area (Å²) in [5.41, 5.74) is 0.0579. The summed E-state index contributed by atoms with van der Waals surface area (Å²) in [6.45, 7) is 6.06. The fraction of sp³-hybridized carbons (Fsp3) is 0.389. The summed E-state index contributed by atoms with van der Waals surface area (Å²) in [4.78, 5) is 3.40. The standard InChI is InChI=1S/C18H21F3N2O3S.ClH/c1-17(2,3)23-9-13-6-11(10-27(25)26)7-14(16(13)24)12-4-5-15(22-8-12)18(19,20)21;/h4-8,23-24H,9-10H2,1-3H3,(H,25,26);1H/p-1. The normalized spacial score (nSPS) is 13.1. The molecule has 0 radical (unpaired) electrons. The van der Waals surface area contributed by atoms with Crippen LogP contribution >= 0.6 is 12.4 Å². The van der Waals surface area contributed by atoms with Crippen LogP contribution in [-0.4, -0.2) is 24.4 Å². The van der Waals surface area contributed by atoms with Gasteiger partial charge in [-0.25, -0.2) is 0 Å². The van der Waals surface area contributed by atoms with Gasteiger partial charge in [0, 0.05) is 40.7 Å². The minimum absolute atomic E-state index is 0. The lowest BCUT2D eigenvalue weighted by molar-refractivity contribution is -0.141. The molecule has 0 saturated heterocycles. The number of benzene rings is 1. The van der Waals surface area contributed by atoms with Crippen LogP contribution in [0.3, 0.4) is 0 Å². The highest BCUT2D eigenvalue weighted by atomic mass is 35.5. The van der Waals surface area contributed by atoms with Crippen molar-refractivity contribution >= 4 is 23.5 Å². The molecule has 0 bridgehead atoms. The number of alkyl halides is 3. The molecule has 2 aromatic rings. The van der Waals surface area contributed by atoms with E-state index in [1.165, 1.54) is 12.1 Å². The second-order valence-electron chi connectivity index (χ2n) is 7.13. The van der Waals surface area contributed by atoms with Crippen molar-refractivity contribution in [1.29, 1.82) is 0 Å². The van der Waals surface area contributed by atoms with E-state index in [2.05, 4.69) is 10.3 Å². The SMILES string of the molecule is CC(C)(C)NCc1cc(CS(=O)[O-])cc(-c2ccc(C(F)(F)F)nc2)c1O.Cl. The molecule has 0 spiro atoms. The van der Waals surface area contributed by atoms with Crippen molar-refractivity contribution in [2.45, 2.75) is 44.8 Å². The summed E-state index contributed by atoms with van der Waals surface area (Å²) in [6.07, 6.45) is -3.56. The summed E-state index contributed by atoms with van der Waals surface area (Å²) in [7, 11) is 0. The van der Waals surface area contributed by atoms with Gasteiger partial charge in [-0.1, -0.05) is 17.1 Å². The van der Waals surface area contributed by atoms with Gasteiger partial charge in [0.1, 0.15) is 11.4 Å². The summed E-state index contributed by atoms with van der Waals surface area (Å²) in [5.74, 6) is -0.405. The molecule has 0 aliphatic rings. The largest absolute Gasteiger partial charge is 0.772 e. The molecule has 5 nitrogen and oxygen atoms in total. The molecule has 0 fully saturated rings. The number of nitrogens with one attached hydrogen (secondary N) is 1. The molecule has 10 heteroatoms. The van der Waals surface area contributed by atoms with Gasteiger partial charge >= 0.3 is 6.18 Å². The molecule has 1 aromatic heterocycles. The second-order valence-corrected chi connectivity index (χ2v) is 8.03. The number of nitrogens with zero attached hydrogens (tertiary/aromatic N) is 1. The molecule has 0 aliphatic carbocycles. The van der Waals surface area contributed by atoms with Crippen molar-refractivity contribution < 1.29 is 27.0 Å². The van der Waals surface area contributed by atoms with Crippen LogP contribution in [0.25, 0.3) is 11.1 Å². The Hall–Kier alpha value is -1.68. The van der Waals surface area contributed by atoms with Gasteiger partial charge in [0.15, 0.2) is 0 Å². The number of phenolic OH excluding ortho intramolecular Hbond substituents is 1. The first-order chi connectivity index (χ1) is 12.4. The van der Waals surface area contributed by atoms with Crippen molar-refractivity contribution in [2.24, 2.45) is 0 Å². The van der Waals surface area contributed by atoms with Crippen molar-refractivity contribution in [1.82, 2.24) is 10.3 Å². The van der Waals surface area contributed by atoms with Gasteiger partial charge in [0.2, 0.25) is 0 Å². The van der Waals surface area contributed by atoms with Gasteiger partial charge in [-0.3, -0.25) is 9.19 Å². The van der Waals surface area contributed by atoms with E-state index in [1.54, 1.807) is 6.07 Å². The number of halogens is 4. The van der Waals surface area contributed by atoms with E-state index in [1.807, 2.05) is 20.8 Å². The highest BCUT2D eigenvalue weighted by Gasteiger charge is 2.32. The highest BCUT2D eigenvalue weighted by Crippen LogP contribution is 2.35. The molecule has 0 amide bonds. The number of hydrogen-bond acceptors (Lipinski definition) is 5. The monoisotopic (exact) mass is 437 g/mol. The third kappa shape index (κ3) is 6.73. The van der Waals surface area contributed by atoms with Crippen molar-refractivity contribution in [3.63, 3.8) is 0 Å². The minimum Gasteiger partial charge on any atom is -0.772 e. The quantitative estimate of drug-likeness (QED) is 0.686. The third-order valence-corrected chi connectivity index (χ3v) is 4.28. The maximum Gasteiger partial charge on any atom is 0.433 e. The van der Waals surface area contributed by atoms with Crippen LogP contribution in [0.4, 0.5) is 13.2 Å². The Bertz CT molecular complexity index is 838. The molecule has 28 heavy (non-hydrogen) atoms. The fourth-order valence-electron chi connectivity index (χ4n) is 2.42. The molecule has 0 aliphatic heterocycles. The molecular formula is C18H21ClF3N2O3S-. The van der Waals surface area contributed by atoms with E-state index in [-0.39, 0.29) is 47.1 Å². The molecule has 1 aromatic carbocycles. The van der Waals surface area contributed by atoms with Crippen LogP contribution in [0.5, 0.6) is 5.75 Å². The van der Waals surface area contributed by atoms with E-state index in [0.29, 0.717) is 11.1 Å². The zero-order chi connectivity index (χ0) is 20.4.